The van der Waals surface area contributed by atoms with Gasteiger partial charge in [-0.15, -0.1) is 0 Å². The summed E-state index contributed by atoms with van der Waals surface area (Å²) >= 11 is 0. The molecule has 146 valence electrons. The second kappa shape index (κ2) is 9.46. The molecule has 5 nitrogen and oxygen atoms in total. The molecule has 3 rings (SSSR count). The van der Waals surface area contributed by atoms with Crippen LogP contribution in [0.15, 0.2) is 84.9 Å². The number of rotatable bonds is 7. The zero-order chi connectivity index (χ0) is 20.6. The van der Waals surface area contributed by atoms with Gasteiger partial charge in [-0.1, -0.05) is 72.8 Å². The fourth-order valence-corrected chi connectivity index (χ4v) is 2.90. The average molecular weight is 387 g/mol. The number of Topliss-reactive ketones (excluding diaryl/α,β-unsaturated/α-hetero) is 1. The number of carbonyl (C=O) groups excluding carboxylic acids is 3. The lowest BCUT2D eigenvalue weighted by molar-refractivity contribution is -0.146. The first-order chi connectivity index (χ1) is 14.0. The van der Waals surface area contributed by atoms with Crippen molar-refractivity contribution in [3.8, 4) is 0 Å². The largest absolute Gasteiger partial charge is 0.449 e. The van der Waals surface area contributed by atoms with Crippen LogP contribution in [0, 0.1) is 0 Å². The Labute approximate surface area is 169 Å². The van der Waals surface area contributed by atoms with E-state index >= 15 is 0 Å². The standard InChI is InChI=1S/C24H21NO4/c1-17(26)25-21-14-12-18(13-15-21)16-22(27)29-24(20-10-6-3-7-11-20)23(28)19-8-4-2-5-9-19/h2-15,24H,16H2,1H3,(H,25,26)/t24-/m1/s1. The van der Waals surface area contributed by atoms with Crippen molar-refractivity contribution in [2.24, 2.45) is 0 Å². The zero-order valence-corrected chi connectivity index (χ0v) is 16.0. The Hall–Kier alpha value is -3.73. The SMILES string of the molecule is CC(=O)Nc1ccc(CC(=O)O[C@@H](C(=O)c2ccccc2)c2ccccc2)cc1. The summed E-state index contributed by atoms with van der Waals surface area (Å²) in [6.45, 7) is 1.43. The van der Waals surface area contributed by atoms with Gasteiger partial charge in [0.25, 0.3) is 0 Å². The lowest BCUT2D eigenvalue weighted by Crippen LogP contribution is -2.21. The normalized spacial score (nSPS) is 11.3. The van der Waals surface area contributed by atoms with E-state index in [1.165, 1.54) is 6.92 Å². The minimum atomic E-state index is -1.01. The van der Waals surface area contributed by atoms with Crippen molar-refractivity contribution in [3.05, 3.63) is 102 Å². The van der Waals surface area contributed by atoms with Gasteiger partial charge in [0.2, 0.25) is 11.7 Å². The number of ketones is 1. The second-order valence-corrected chi connectivity index (χ2v) is 6.57. The molecule has 3 aromatic rings. The molecule has 3 aromatic carbocycles. The van der Waals surface area contributed by atoms with Crippen molar-refractivity contribution in [1.29, 1.82) is 0 Å². The van der Waals surface area contributed by atoms with Crippen LogP contribution < -0.4 is 5.32 Å². The number of ether oxygens (including phenoxy) is 1. The van der Waals surface area contributed by atoms with Crippen LogP contribution >= 0.6 is 0 Å². The van der Waals surface area contributed by atoms with Crippen LogP contribution in [-0.2, 0) is 20.7 Å². The Morgan fingerprint density at radius 2 is 1.41 bits per heavy atom. The predicted molar refractivity (Wildman–Crippen MR) is 110 cm³/mol. The summed E-state index contributed by atoms with van der Waals surface area (Å²) in [5, 5.41) is 2.67. The lowest BCUT2D eigenvalue weighted by atomic mass is 10.00. The van der Waals surface area contributed by atoms with Gasteiger partial charge in [0.15, 0.2) is 6.10 Å². The number of amides is 1. The summed E-state index contributed by atoms with van der Waals surface area (Å²) in [5.41, 5.74) is 2.48. The monoisotopic (exact) mass is 387 g/mol. The van der Waals surface area contributed by atoms with Crippen molar-refractivity contribution < 1.29 is 19.1 Å². The van der Waals surface area contributed by atoms with Crippen LogP contribution in [0.2, 0.25) is 0 Å². The number of hydrogen-bond donors (Lipinski definition) is 1. The molecule has 5 heteroatoms. The van der Waals surface area contributed by atoms with Gasteiger partial charge < -0.3 is 10.1 Å². The van der Waals surface area contributed by atoms with E-state index in [4.69, 9.17) is 4.74 Å². The number of carbonyl (C=O) groups is 3. The molecule has 0 heterocycles. The highest BCUT2D eigenvalue weighted by Gasteiger charge is 2.26. The molecular weight excluding hydrogens is 366 g/mol. The maximum Gasteiger partial charge on any atom is 0.311 e. The molecular formula is C24H21NO4. The summed E-state index contributed by atoms with van der Waals surface area (Å²) in [6, 6.07) is 24.7. The van der Waals surface area contributed by atoms with Crippen molar-refractivity contribution in [3.63, 3.8) is 0 Å². The Morgan fingerprint density at radius 1 is 0.828 bits per heavy atom. The van der Waals surface area contributed by atoms with Gasteiger partial charge in [0, 0.05) is 23.7 Å². The minimum Gasteiger partial charge on any atom is -0.449 e. The highest BCUT2D eigenvalue weighted by molar-refractivity contribution is 6.01. The maximum atomic E-state index is 13.0. The predicted octanol–water partition coefficient (Wildman–Crippen LogP) is 4.35. The summed E-state index contributed by atoms with van der Waals surface area (Å²) in [6.07, 6.45) is -0.990. The molecule has 0 saturated heterocycles. The number of anilines is 1. The first-order valence-electron chi connectivity index (χ1n) is 9.23. The Balaban J connectivity index is 1.74. The van der Waals surface area contributed by atoms with Crippen LogP contribution in [0.25, 0.3) is 0 Å². The molecule has 29 heavy (non-hydrogen) atoms. The number of benzene rings is 3. The molecule has 0 aliphatic heterocycles. The van der Waals surface area contributed by atoms with E-state index in [1.54, 1.807) is 72.8 Å². The maximum absolute atomic E-state index is 13.0. The number of esters is 1. The molecule has 1 atom stereocenters. The molecule has 0 aromatic heterocycles. The molecule has 0 fully saturated rings. The first kappa shape index (κ1) is 20.0. The molecule has 0 aliphatic carbocycles. The quantitative estimate of drug-likeness (QED) is 0.483. The van der Waals surface area contributed by atoms with Gasteiger partial charge in [-0.2, -0.15) is 0 Å². The van der Waals surface area contributed by atoms with E-state index < -0.39 is 12.1 Å². The van der Waals surface area contributed by atoms with E-state index in [2.05, 4.69) is 5.32 Å². The van der Waals surface area contributed by atoms with Crippen molar-refractivity contribution >= 4 is 23.3 Å². The van der Waals surface area contributed by atoms with Crippen molar-refractivity contribution in [2.75, 3.05) is 5.32 Å². The zero-order valence-electron chi connectivity index (χ0n) is 16.0. The van der Waals surface area contributed by atoms with E-state index in [0.717, 1.165) is 5.56 Å². The Morgan fingerprint density at radius 3 is 2.00 bits per heavy atom. The average Bonchev–Trinajstić information content (AvgIpc) is 2.74. The van der Waals surface area contributed by atoms with Crippen LogP contribution in [-0.4, -0.2) is 17.7 Å². The highest BCUT2D eigenvalue weighted by atomic mass is 16.5. The van der Waals surface area contributed by atoms with Gasteiger partial charge in [0.05, 0.1) is 6.42 Å². The summed E-state index contributed by atoms with van der Waals surface area (Å²) in [4.78, 5) is 36.6. The highest BCUT2D eigenvalue weighted by Crippen LogP contribution is 2.23. The van der Waals surface area contributed by atoms with Crippen LogP contribution in [0.1, 0.15) is 34.5 Å². The van der Waals surface area contributed by atoms with E-state index in [1.807, 2.05) is 12.1 Å². The van der Waals surface area contributed by atoms with Crippen LogP contribution in [0.3, 0.4) is 0 Å². The molecule has 0 unspecified atom stereocenters. The summed E-state index contributed by atoms with van der Waals surface area (Å²) in [7, 11) is 0. The van der Waals surface area contributed by atoms with Crippen molar-refractivity contribution in [2.45, 2.75) is 19.4 Å². The molecule has 0 spiro atoms. The van der Waals surface area contributed by atoms with Gasteiger partial charge in [-0.25, -0.2) is 0 Å². The third kappa shape index (κ3) is 5.62. The fourth-order valence-electron chi connectivity index (χ4n) is 2.90. The van der Waals surface area contributed by atoms with E-state index in [-0.39, 0.29) is 18.1 Å². The topological polar surface area (TPSA) is 72.5 Å². The van der Waals surface area contributed by atoms with Crippen LogP contribution in [0.5, 0.6) is 0 Å². The molecule has 0 bridgehead atoms. The fraction of sp³-hybridized carbons (Fsp3) is 0.125. The Bertz CT molecular complexity index is 982. The van der Waals surface area contributed by atoms with Gasteiger partial charge >= 0.3 is 5.97 Å². The Kier molecular flexibility index (Phi) is 6.53. The molecule has 0 saturated carbocycles. The summed E-state index contributed by atoms with van der Waals surface area (Å²) < 4.78 is 5.59. The van der Waals surface area contributed by atoms with E-state index in [0.29, 0.717) is 16.8 Å². The number of hydrogen-bond acceptors (Lipinski definition) is 4. The van der Waals surface area contributed by atoms with Gasteiger partial charge in [0.1, 0.15) is 0 Å². The van der Waals surface area contributed by atoms with Gasteiger partial charge in [-0.3, -0.25) is 14.4 Å². The third-order valence-corrected chi connectivity index (χ3v) is 4.27. The molecule has 1 N–H and O–H groups in total. The van der Waals surface area contributed by atoms with Crippen LogP contribution in [0.4, 0.5) is 5.69 Å². The molecule has 0 aliphatic rings. The van der Waals surface area contributed by atoms with Crippen molar-refractivity contribution in [1.82, 2.24) is 0 Å². The number of nitrogens with one attached hydrogen (secondary N) is 1. The second-order valence-electron chi connectivity index (χ2n) is 6.57. The third-order valence-electron chi connectivity index (χ3n) is 4.27. The smallest absolute Gasteiger partial charge is 0.311 e. The lowest BCUT2D eigenvalue weighted by Gasteiger charge is -2.17. The van der Waals surface area contributed by atoms with Gasteiger partial charge in [-0.05, 0) is 17.7 Å². The first-order valence-corrected chi connectivity index (χ1v) is 9.23. The summed E-state index contributed by atoms with van der Waals surface area (Å²) in [5.74, 6) is -0.941. The molecule has 0 radical (unpaired) electrons. The van der Waals surface area contributed by atoms with E-state index in [9.17, 15) is 14.4 Å². The molecule has 1 amide bonds. The minimum absolute atomic E-state index is 0.0196.